The van der Waals surface area contributed by atoms with Crippen molar-refractivity contribution in [2.45, 2.75) is 6.42 Å². The number of rotatable bonds is 5. The fourth-order valence-corrected chi connectivity index (χ4v) is 2.39. The fourth-order valence-electron chi connectivity index (χ4n) is 2.39. The molecule has 3 rings (SSSR count). The Labute approximate surface area is 137 Å². The van der Waals surface area contributed by atoms with Crippen molar-refractivity contribution in [3.8, 4) is 0 Å². The van der Waals surface area contributed by atoms with Crippen LogP contribution in [0.3, 0.4) is 0 Å². The predicted molar refractivity (Wildman–Crippen MR) is 90.8 cm³/mol. The molecule has 3 aromatic rings. The second kappa shape index (κ2) is 6.74. The van der Waals surface area contributed by atoms with Gasteiger partial charge >= 0.3 is 0 Å². The highest BCUT2D eigenvalue weighted by atomic mass is 16.6. The summed E-state index contributed by atoms with van der Waals surface area (Å²) in [6, 6.07) is 13.7. The number of hydrogen-bond acceptors (Lipinski definition) is 4. The van der Waals surface area contributed by atoms with E-state index in [1.807, 2.05) is 24.3 Å². The summed E-state index contributed by atoms with van der Waals surface area (Å²) in [5.74, 6) is -0.263. The van der Waals surface area contributed by atoms with Gasteiger partial charge in [0.2, 0.25) is 5.91 Å². The summed E-state index contributed by atoms with van der Waals surface area (Å²) in [5.41, 5.74) is 4.80. The van der Waals surface area contributed by atoms with Gasteiger partial charge in [0.15, 0.2) is 0 Å². The molecule has 0 saturated heterocycles. The van der Waals surface area contributed by atoms with Crippen LogP contribution in [0.25, 0.3) is 10.9 Å². The molecule has 2 aromatic carbocycles. The van der Waals surface area contributed by atoms with E-state index in [2.05, 4.69) is 15.5 Å². The van der Waals surface area contributed by atoms with Gasteiger partial charge in [0, 0.05) is 34.8 Å². The Kier molecular flexibility index (Phi) is 4.33. The summed E-state index contributed by atoms with van der Waals surface area (Å²) in [7, 11) is 0. The molecule has 0 aliphatic heterocycles. The average Bonchev–Trinajstić information content (AvgIpc) is 2.98. The number of H-pyrrole nitrogens is 1. The van der Waals surface area contributed by atoms with Crippen LogP contribution in [-0.4, -0.2) is 22.0 Å². The Balaban J connectivity index is 1.63. The van der Waals surface area contributed by atoms with E-state index in [4.69, 9.17) is 0 Å². The summed E-state index contributed by atoms with van der Waals surface area (Å²) >= 11 is 0. The highest BCUT2D eigenvalue weighted by Crippen LogP contribution is 2.18. The number of hydrogen-bond donors (Lipinski definition) is 2. The maximum atomic E-state index is 12.0. The van der Waals surface area contributed by atoms with Gasteiger partial charge in [-0.15, -0.1) is 0 Å². The molecule has 120 valence electrons. The third-order valence-electron chi connectivity index (χ3n) is 3.51. The van der Waals surface area contributed by atoms with Gasteiger partial charge in [0.1, 0.15) is 0 Å². The van der Waals surface area contributed by atoms with Crippen molar-refractivity contribution in [2.24, 2.45) is 5.10 Å². The molecule has 24 heavy (non-hydrogen) atoms. The number of nitrogens with zero attached hydrogens (tertiary/aromatic N) is 2. The summed E-state index contributed by atoms with van der Waals surface area (Å²) in [5, 5.41) is 15.5. The summed E-state index contributed by atoms with van der Waals surface area (Å²) < 4.78 is 0. The number of nitro groups is 1. The molecule has 0 atom stereocenters. The number of nitro benzene ring substituents is 1. The highest BCUT2D eigenvalue weighted by molar-refractivity contribution is 5.89. The van der Waals surface area contributed by atoms with E-state index in [9.17, 15) is 14.9 Å². The van der Waals surface area contributed by atoms with Crippen LogP contribution < -0.4 is 5.43 Å². The van der Waals surface area contributed by atoms with Crippen molar-refractivity contribution in [3.63, 3.8) is 0 Å². The van der Waals surface area contributed by atoms with Crippen LogP contribution in [0.15, 0.2) is 59.8 Å². The second-order valence-corrected chi connectivity index (χ2v) is 5.18. The molecule has 0 fully saturated rings. The van der Waals surface area contributed by atoms with Gasteiger partial charge in [-0.2, -0.15) is 5.10 Å². The van der Waals surface area contributed by atoms with Crippen molar-refractivity contribution >= 4 is 28.7 Å². The number of aromatic nitrogens is 1. The number of aromatic amines is 1. The number of non-ortho nitro benzene ring substituents is 1. The van der Waals surface area contributed by atoms with Gasteiger partial charge in [-0.25, -0.2) is 5.43 Å². The first kappa shape index (κ1) is 15.4. The molecule has 1 heterocycles. The Bertz CT molecular complexity index is 930. The number of hydrazone groups is 1. The maximum Gasteiger partial charge on any atom is 0.270 e. The van der Waals surface area contributed by atoms with Crippen molar-refractivity contribution in [1.82, 2.24) is 10.4 Å². The average molecular weight is 322 g/mol. The first-order chi connectivity index (χ1) is 11.6. The predicted octanol–water partition coefficient (Wildman–Crippen LogP) is 2.77. The van der Waals surface area contributed by atoms with Gasteiger partial charge in [0.05, 0.1) is 17.6 Å². The van der Waals surface area contributed by atoms with E-state index < -0.39 is 4.92 Å². The molecule has 2 N–H and O–H groups in total. The van der Waals surface area contributed by atoms with Crippen molar-refractivity contribution in [2.75, 3.05) is 0 Å². The minimum absolute atomic E-state index is 0.0240. The quantitative estimate of drug-likeness (QED) is 0.429. The largest absolute Gasteiger partial charge is 0.361 e. The van der Waals surface area contributed by atoms with E-state index in [0.717, 1.165) is 16.5 Å². The Morgan fingerprint density at radius 2 is 2.08 bits per heavy atom. The summed E-state index contributed by atoms with van der Waals surface area (Å²) in [6.07, 6.45) is 3.37. The van der Waals surface area contributed by atoms with E-state index in [1.165, 1.54) is 18.3 Å². The van der Waals surface area contributed by atoms with Gasteiger partial charge < -0.3 is 4.98 Å². The lowest BCUT2D eigenvalue weighted by atomic mass is 10.1. The van der Waals surface area contributed by atoms with E-state index in [0.29, 0.717) is 5.56 Å². The zero-order chi connectivity index (χ0) is 16.9. The minimum Gasteiger partial charge on any atom is -0.361 e. The van der Waals surface area contributed by atoms with E-state index >= 15 is 0 Å². The molecular formula is C17H14N4O3. The number of para-hydroxylation sites is 1. The molecule has 7 nitrogen and oxygen atoms in total. The standard InChI is InChI=1S/C17H14N4O3/c22-17(9-13-11-18-16-7-2-1-6-15(13)16)20-19-10-12-4-3-5-14(8-12)21(23)24/h1-8,10-11,18H,9H2,(H,20,22)/b19-10-. The number of benzene rings is 2. The normalized spacial score (nSPS) is 11.0. The van der Waals surface area contributed by atoms with Crippen LogP contribution >= 0.6 is 0 Å². The molecular weight excluding hydrogens is 308 g/mol. The molecule has 0 saturated carbocycles. The third kappa shape index (κ3) is 3.46. The Hall–Kier alpha value is -3.48. The molecule has 0 unspecified atom stereocenters. The zero-order valence-electron chi connectivity index (χ0n) is 12.6. The maximum absolute atomic E-state index is 12.0. The topological polar surface area (TPSA) is 100 Å². The van der Waals surface area contributed by atoms with Crippen molar-refractivity contribution < 1.29 is 9.72 Å². The highest BCUT2D eigenvalue weighted by Gasteiger charge is 2.08. The Morgan fingerprint density at radius 1 is 1.25 bits per heavy atom. The third-order valence-corrected chi connectivity index (χ3v) is 3.51. The summed E-state index contributed by atoms with van der Waals surface area (Å²) in [6.45, 7) is 0. The monoisotopic (exact) mass is 322 g/mol. The number of carbonyl (C=O) groups excluding carboxylic acids is 1. The van der Waals surface area contributed by atoms with Gasteiger partial charge in [-0.05, 0) is 11.6 Å². The summed E-state index contributed by atoms with van der Waals surface area (Å²) in [4.78, 5) is 25.3. The lowest BCUT2D eigenvalue weighted by molar-refractivity contribution is -0.384. The molecule has 0 radical (unpaired) electrons. The first-order valence-electron chi connectivity index (χ1n) is 7.25. The van der Waals surface area contributed by atoms with Crippen LogP contribution in [0.4, 0.5) is 5.69 Å². The molecule has 7 heteroatoms. The smallest absolute Gasteiger partial charge is 0.270 e. The van der Waals surface area contributed by atoms with Gasteiger partial charge in [-0.3, -0.25) is 14.9 Å². The van der Waals surface area contributed by atoms with Crippen LogP contribution in [0.1, 0.15) is 11.1 Å². The molecule has 0 spiro atoms. The second-order valence-electron chi connectivity index (χ2n) is 5.18. The fraction of sp³-hybridized carbons (Fsp3) is 0.0588. The zero-order valence-corrected chi connectivity index (χ0v) is 12.6. The molecule has 0 aliphatic rings. The number of amides is 1. The van der Waals surface area contributed by atoms with Crippen LogP contribution in [0.2, 0.25) is 0 Å². The molecule has 0 aliphatic carbocycles. The first-order valence-corrected chi connectivity index (χ1v) is 7.25. The number of nitrogens with one attached hydrogen (secondary N) is 2. The SMILES string of the molecule is O=C(Cc1c[nH]c2ccccc12)N/N=C\c1cccc([N+](=O)[O-])c1. The number of fused-ring (bicyclic) bond motifs is 1. The molecule has 1 aromatic heterocycles. The van der Waals surface area contributed by atoms with Crippen molar-refractivity contribution in [1.29, 1.82) is 0 Å². The molecule has 1 amide bonds. The van der Waals surface area contributed by atoms with Crippen molar-refractivity contribution in [3.05, 3.63) is 76.0 Å². The van der Waals surface area contributed by atoms with E-state index in [1.54, 1.807) is 18.3 Å². The van der Waals surface area contributed by atoms with Gasteiger partial charge in [-0.1, -0.05) is 30.3 Å². The van der Waals surface area contributed by atoms with Crippen LogP contribution in [0, 0.1) is 10.1 Å². The van der Waals surface area contributed by atoms with Crippen LogP contribution in [-0.2, 0) is 11.2 Å². The minimum atomic E-state index is -0.479. The molecule has 0 bridgehead atoms. The lowest BCUT2D eigenvalue weighted by Crippen LogP contribution is -2.19. The Morgan fingerprint density at radius 3 is 2.92 bits per heavy atom. The number of carbonyl (C=O) groups is 1. The van der Waals surface area contributed by atoms with Crippen LogP contribution in [0.5, 0.6) is 0 Å². The lowest BCUT2D eigenvalue weighted by Gasteiger charge is -1.99. The van der Waals surface area contributed by atoms with Gasteiger partial charge in [0.25, 0.3) is 5.69 Å². The van der Waals surface area contributed by atoms with E-state index in [-0.39, 0.29) is 18.0 Å².